The Kier molecular flexibility index (Phi) is 2.46. The first-order chi connectivity index (χ1) is 7.16. The monoisotopic (exact) mass is 197 g/mol. The number of anilines is 1. The largest absolute Gasteiger partial charge is 0.399 e. The third kappa shape index (κ3) is 2.01. The molecule has 76 valence electrons. The number of hydrogen-bond acceptors (Lipinski definition) is 1. The fourth-order valence-corrected chi connectivity index (χ4v) is 1.82. The van der Waals surface area contributed by atoms with Crippen LogP contribution in [0, 0.1) is 13.8 Å². The van der Waals surface area contributed by atoms with Gasteiger partial charge in [-0.05, 0) is 42.7 Å². The van der Waals surface area contributed by atoms with E-state index in [1.807, 2.05) is 12.1 Å². The Balaban J connectivity index is 2.54. The van der Waals surface area contributed by atoms with Gasteiger partial charge in [0.1, 0.15) is 0 Å². The highest BCUT2D eigenvalue weighted by Crippen LogP contribution is 2.25. The van der Waals surface area contributed by atoms with Crippen LogP contribution in [0.5, 0.6) is 0 Å². The third-order valence-electron chi connectivity index (χ3n) is 2.58. The number of benzene rings is 2. The molecule has 0 bridgehead atoms. The molecule has 2 aromatic carbocycles. The molecule has 0 spiro atoms. The van der Waals surface area contributed by atoms with Crippen molar-refractivity contribution in [2.75, 3.05) is 5.73 Å². The van der Waals surface area contributed by atoms with Crippen LogP contribution in [0.4, 0.5) is 5.69 Å². The fourth-order valence-electron chi connectivity index (χ4n) is 1.82. The molecule has 0 aliphatic carbocycles. The van der Waals surface area contributed by atoms with Crippen LogP contribution in [0.15, 0.2) is 42.5 Å². The molecule has 0 unspecified atom stereocenters. The van der Waals surface area contributed by atoms with Crippen LogP contribution in [-0.4, -0.2) is 0 Å². The lowest BCUT2D eigenvalue weighted by molar-refractivity contribution is 1.43. The number of aryl methyl sites for hydroxylation is 2. The van der Waals surface area contributed by atoms with Crippen molar-refractivity contribution in [2.45, 2.75) is 13.8 Å². The summed E-state index contributed by atoms with van der Waals surface area (Å²) < 4.78 is 0. The Morgan fingerprint density at radius 1 is 0.933 bits per heavy atom. The molecule has 2 aromatic rings. The highest BCUT2D eigenvalue weighted by molar-refractivity contribution is 5.69. The van der Waals surface area contributed by atoms with Gasteiger partial charge in [0.2, 0.25) is 0 Å². The summed E-state index contributed by atoms with van der Waals surface area (Å²) in [4.78, 5) is 0. The lowest BCUT2D eigenvalue weighted by Gasteiger charge is -2.07. The first kappa shape index (κ1) is 9.78. The second kappa shape index (κ2) is 3.77. The molecule has 0 aliphatic rings. The van der Waals surface area contributed by atoms with Crippen LogP contribution < -0.4 is 5.73 Å². The topological polar surface area (TPSA) is 26.0 Å². The van der Waals surface area contributed by atoms with Crippen molar-refractivity contribution in [3.8, 4) is 11.1 Å². The van der Waals surface area contributed by atoms with Crippen LogP contribution in [-0.2, 0) is 0 Å². The van der Waals surface area contributed by atoms with Gasteiger partial charge in [-0.2, -0.15) is 0 Å². The molecule has 0 heterocycles. The van der Waals surface area contributed by atoms with E-state index in [0.717, 1.165) is 5.69 Å². The molecular formula is C14H15N. The predicted octanol–water partition coefficient (Wildman–Crippen LogP) is 3.55. The maximum Gasteiger partial charge on any atom is 0.0317 e. The van der Waals surface area contributed by atoms with Crippen molar-refractivity contribution < 1.29 is 0 Å². The molecule has 1 nitrogen and oxygen atoms in total. The smallest absolute Gasteiger partial charge is 0.0317 e. The minimum atomic E-state index is 0.823. The quantitative estimate of drug-likeness (QED) is 0.695. The first-order valence-electron chi connectivity index (χ1n) is 5.10. The fraction of sp³-hybridized carbons (Fsp3) is 0.143. The Morgan fingerprint density at radius 3 is 2.40 bits per heavy atom. The van der Waals surface area contributed by atoms with E-state index in [4.69, 9.17) is 5.73 Å². The number of hydrogen-bond donors (Lipinski definition) is 1. The molecule has 0 atom stereocenters. The van der Waals surface area contributed by atoms with Gasteiger partial charge in [-0.3, -0.25) is 0 Å². The van der Waals surface area contributed by atoms with E-state index in [0.29, 0.717) is 0 Å². The zero-order chi connectivity index (χ0) is 10.8. The van der Waals surface area contributed by atoms with Gasteiger partial charge in [0.05, 0.1) is 0 Å². The number of rotatable bonds is 1. The Hall–Kier alpha value is -1.76. The zero-order valence-electron chi connectivity index (χ0n) is 9.12. The van der Waals surface area contributed by atoms with Gasteiger partial charge in [0, 0.05) is 5.69 Å². The summed E-state index contributed by atoms with van der Waals surface area (Å²) >= 11 is 0. The van der Waals surface area contributed by atoms with Gasteiger partial charge in [-0.25, -0.2) is 0 Å². The standard InChI is InChI=1S/C14H15N/c1-10-4-3-5-12(8-10)14-7-6-13(15)9-11(14)2/h3-9H,15H2,1-2H3. The molecule has 0 radical (unpaired) electrons. The van der Waals surface area contributed by atoms with E-state index < -0.39 is 0 Å². The second-order valence-electron chi connectivity index (χ2n) is 3.94. The number of nitrogens with two attached hydrogens (primary N) is 1. The number of nitrogen functional groups attached to an aromatic ring is 1. The van der Waals surface area contributed by atoms with Crippen molar-refractivity contribution in [3.63, 3.8) is 0 Å². The Labute approximate surface area is 90.6 Å². The molecule has 0 amide bonds. The molecule has 0 saturated carbocycles. The van der Waals surface area contributed by atoms with E-state index in [1.54, 1.807) is 0 Å². The molecule has 0 saturated heterocycles. The van der Waals surface area contributed by atoms with Gasteiger partial charge in [0.25, 0.3) is 0 Å². The van der Waals surface area contributed by atoms with Crippen LogP contribution in [0.1, 0.15) is 11.1 Å². The summed E-state index contributed by atoms with van der Waals surface area (Å²) in [5, 5.41) is 0. The van der Waals surface area contributed by atoms with Gasteiger partial charge in [-0.1, -0.05) is 35.9 Å². The molecule has 0 fully saturated rings. The first-order valence-corrected chi connectivity index (χ1v) is 5.10. The Bertz CT molecular complexity index is 486. The summed E-state index contributed by atoms with van der Waals surface area (Å²) in [7, 11) is 0. The van der Waals surface area contributed by atoms with Crippen LogP contribution in [0.2, 0.25) is 0 Å². The van der Waals surface area contributed by atoms with Crippen molar-refractivity contribution in [1.29, 1.82) is 0 Å². The van der Waals surface area contributed by atoms with Crippen molar-refractivity contribution in [3.05, 3.63) is 53.6 Å². The summed E-state index contributed by atoms with van der Waals surface area (Å²) in [6, 6.07) is 14.6. The predicted molar refractivity (Wildman–Crippen MR) is 65.8 cm³/mol. The van der Waals surface area contributed by atoms with Gasteiger partial charge < -0.3 is 5.73 Å². The molecular weight excluding hydrogens is 182 g/mol. The van der Waals surface area contributed by atoms with E-state index in [1.165, 1.54) is 22.3 Å². The molecule has 2 rings (SSSR count). The maximum atomic E-state index is 5.74. The lowest BCUT2D eigenvalue weighted by atomic mass is 9.99. The summed E-state index contributed by atoms with van der Waals surface area (Å²) in [5.74, 6) is 0. The van der Waals surface area contributed by atoms with Gasteiger partial charge in [0.15, 0.2) is 0 Å². The minimum absolute atomic E-state index is 0.823. The normalized spacial score (nSPS) is 10.3. The molecule has 0 aromatic heterocycles. The van der Waals surface area contributed by atoms with E-state index >= 15 is 0 Å². The minimum Gasteiger partial charge on any atom is -0.399 e. The highest BCUT2D eigenvalue weighted by Gasteiger charge is 2.01. The van der Waals surface area contributed by atoms with Crippen LogP contribution >= 0.6 is 0 Å². The molecule has 1 heteroatoms. The average molecular weight is 197 g/mol. The van der Waals surface area contributed by atoms with E-state index in [2.05, 4.69) is 44.2 Å². The summed E-state index contributed by atoms with van der Waals surface area (Å²) in [6.07, 6.45) is 0. The average Bonchev–Trinajstić information content (AvgIpc) is 2.17. The SMILES string of the molecule is Cc1cccc(-c2ccc(N)cc2C)c1. The third-order valence-corrected chi connectivity index (χ3v) is 2.58. The van der Waals surface area contributed by atoms with E-state index in [9.17, 15) is 0 Å². The second-order valence-corrected chi connectivity index (χ2v) is 3.94. The highest BCUT2D eigenvalue weighted by atomic mass is 14.5. The zero-order valence-corrected chi connectivity index (χ0v) is 9.12. The Morgan fingerprint density at radius 2 is 1.73 bits per heavy atom. The van der Waals surface area contributed by atoms with E-state index in [-0.39, 0.29) is 0 Å². The van der Waals surface area contributed by atoms with Gasteiger partial charge in [-0.15, -0.1) is 0 Å². The van der Waals surface area contributed by atoms with Crippen molar-refractivity contribution in [1.82, 2.24) is 0 Å². The lowest BCUT2D eigenvalue weighted by Crippen LogP contribution is -1.88. The summed E-state index contributed by atoms with van der Waals surface area (Å²) in [5.41, 5.74) is 11.6. The molecule has 2 N–H and O–H groups in total. The maximum absolute atomic E-state index is 5.74. The molecule has 15 heavy (non-hydrogen) atoms. The van der Waals surface area contributed by atoms with Crippen LogP contribution in [0.3, 0.4) is 0 Å². The van der Waals surface area contributed by atoms with Crippen molar-refractivity contribution >= 4 is 5.69 Å². The summed E-state index contributed by atoms with van der Waals surface area (Å²) in [6.45, 7) is 4.20. The molecule has 0 aliphatic heterocycles. The van der Waals surface area contributed by atoms with Gasteiger partial charge >= 0.3 is 0 Å². The van der Waals surface area contributed by atoms with Crippen molar-refractivity contribution in [2.24, 2.45) is 0 Å². The van der Waals surface area contributed by atoms with Crippen LogP contribution in [0.25, 0.3) is 11.1 Å².